The van der Waals surface area contributed by atoms with Gasteiger partial charge in [0.05, 0.1) is 12.2 Å². The van der Waals surface area contributed by atoms with Crippen molar-refractivity contribution in [2.45, 2.75) is 51.4 Å². The standard InChI is InChI=1S/C15H22FNO/c1-10-4-6-13(16)8-12(10)9-14(17-3)15-7-5-11(2)18-15/h4,6,8,11,14-15,17H,5,7,9H2,1-3H3. The summed E-state index contributed by atoms with van der Waals surface area (Å²) in [6, 6.07) is 5.25. The van der Waals surface area contributed by atoms with E-state index in [1.165, 1.54) is 6.07 Å². The lowest BCUT2D eigenvalue weighted by Crippen LogP contribution is -2.39. The molecule has 0 bridgehead atoms. The number of rotatable bonds is 4. The number of hydrogen-bond donors (Lipinski definition) is 1. The fourth-order valence-corrected chi connectivity index (χ4v) is 2.65. The Hall–Kier alpha value is -0.930. The van der Waals surface area contributed by atoms with Crippen LogP contribution in [0.1, 0.15) is 30.9 Å². The van der Waals surface area contributed by atoms with E-state index in [0.29, 0.717) is 6.10 Å². The molecule has 1 aliphatic heterocycles. The van der Waals surface area contributed by atoms with Gasteiger partial charge in [0, 0.05) is 6.04 Å². The van der Waals surface area contributed by atoms with Crippen LogP contribution in [0.25, 0.3) is 0 Å². The first-order valence-electron chi connectivity index (χ1n) is 6.68. The second-order valence-corrected chi connectivity index (χ2v) is 5.23. The molecule has 3 heteroatoms. The molecule has 3 unspecified atom stereocenters. The number of halogens is 1. The van der Waals surface area contributed by atoms with E-state index in [1.807, 2.05) is 20.0 Å². The molecule has 0 aromatic heterocycles. The summed E-state index contributed by atoms with van der Waals surface area (Å²) < 4.78 is 19.2. The minimum Gasteiger partial charge on any atom is -0.374 e. The van der Waals surface area contributed by atoms with Gasteiger partial charge in [0.2, 0.25) is 0 Å². The van der Waals surface area contributed by atoms with E-state index in [2.05, 4.69) is 12.2 Å². The molecular formula is C15H22FNO. The van der Waals surface area contributed by atoms with E-state index in [1.54, 1.807) is 6.07 Å². The number of benzene rings is 1. The van der Waals surface area contributed by atoms with Crippen LogP contribution >= 0.6 is 0 Å². The summed E-state index contributed by atoms with van der Waals surface area (Å²) in [7, 11) is 1.95. The van der Waals surface area contributed by atoms with Crippen molar-refractivity contribution in [3.8, 4) is 0 Å². The topological polar surface area (TPSA) is 21.3 Å². The Morgan fingerprint density at radius 3 is 2.83 bits per heavy atom. The van der Waals surface area contributed by atoms with Crippen molar-refractivity contribution in [2.24, 2.45) is 0 Å². The van der Waals surface area contributed by atoms with Crippen molar-refractivity contribution in [2.75, 3.05) is 7.05 Å². The molecule has 1 N–H and O–H groups in total. The van der Waals surface area contributed by atoms with Gasteiger partial charge in [-0.15, -0.1) is 0 Å². The van der Waals surface area contributed by atoms with Gasteiger partial charge in [0.15, 0.2) is 0 Å². The normalized spacial score (nSPS) is 25.3. The van der Waals surface area contributed by atoms with Gasteiger partial charge in [-0.25, -0.2) is 4.39 Å². The summed E-state index contributed by atoms with van der Waals surface area (Å²) in [4.78, 5) is 0. The van der Waals surface area contributed by atoms with Crippen molar-refractivity contribution >= 4 is 0 Å². The molecule has 1 heterocycles. The molecule has 0 radical (unpaired) electrons. The van der Waals surface area contributed by atoms with Gasteiger partial charge in [0.1, 0.15) is 5.82 Å². The summed E-state index contributed by atoms with van der Waals surface area (Å²) in [6.07, 6.45) is 3.61. The fourth-order valence-electron chi connectivity index (χ4n) is 2.65. The van der Waals surface area contributed by atoms with E-state index in [0.717, 1.165) is 30.4 Å². The molecule has 0 amide bonds. The lowest BCUT2D eigenvalue weighted by atomic mass is 9.96. The zero-order valence-electron chi connectivity index (χ0n) is 11.4. The van der Waals surface area contributed by atoms with Gasteiger partial charge >= 0.3 is 0 Å². The van der Waals surface area contributed by atoms with Gasteiger partial charge < -0.3 is 10.1 Å². The van der Waals surface area contributed by atoms with E-state index in [4.69, 9.17) is 4.74 Å². The maximum Gasteiger partial charge on any atom is 0.123 e. The number of nitrogens with one attached hydrogen (secondary N) is 1. The van der Waals surface area contributed by atoms with Crippen LogP contribution in [0.4, 0.5) is 4.39 Å². The Morgan fingerprint density at radius 1 is 1.44 bits per heavy atom. The highest BCUT2D eigenvalue weighted by Gasteiger charge is 2.29. The maximum atomic E-state index is 13.3. The molecule has 1 fully saturated rings. The number of hydrogen-bond acceptors (Lipinski definition) is 2. The van der Waals surface area contributed by atoms with Crippen LogP contribution in [0.15, 0.2) is 18.2 Å². The van der Waals surface area contributed by atoms with Crippen molar-refractivity contribution in [1.82, 2.24) is 5.32 Å². The van der Waals surface area contributed by atoms with E-state index >= 15 is 0 Å². The minimum absolute atomic E-state index is 0.161. The van der Waals surface area contributed by atoms with E-state index in [-0.39, 0.29) is 18.0 Å². The molecule has 3 atom stereocenters. The maximum absolute atomic E-state index is 13.3. The minimum atomic E-state index is -0.161. The predicted octanol–water partition coefficient (Wildman–Crippen LogP) is 2.83. The van der Waals surface area contributed by atoms with Gasteiger partial charge in [-0.05, 0) is 63.4 Å². The Balaban J connectivity index is 2.08. The summed E-state index contributed by atoms with van der Waals surface area (Å²) in [6.45, 7) is 4.14. The number of aryl methyl sites for hydroxylation is 1. The smallest absolute Gasteiger partial charge is 0.123 e. The van der Waals surface area contributed by atoms with Gasteiger partial charge in [-0.2, -0.15) is 0 Å². The zero-order chi connectivity index (χ0) is 13.1. The van der Waals surface area contributed by atoms with Crippen molar-refractivity contribution in [3.05, 3.63) is 35.1 Å². The zero-order valence-corrected chi connectivity index (χ0v) is 11.4. The highest BCUT2D eigenvalue weighted by Crippen LogP contribution is 2.24. The molecule has 2 nitrogen and oxygen atoms in total. The monoisotopic (exact) mass is 251 g/mol. The van der Waals surface area contributed by atoms with Gasteiger partial charge in [-0.1, -0.05) is 6.07 Å². The van der Waals surface area contributed by atoms with Crippen LogP contribution in [0.5, 0.6) is 0 Å². The third-order valence-corrected chi connectivity index (χ3v) is 3.84. The molecule has 1 aliphatic rings. The van der Waals surface area contributed by atoms with Crippen LogP contribution in [0.3, 0.4) is 0 Å². The van der Waals surface area contributed by atoms with E-state index < -0.39 is 0 Å². The third-order valence-electron chi connectivity index (χ3n) is 3.84. The highest BCUT2D eigenvalue weighted by atomic mass is 19.1. The van der Waals surface area contributed by atoms with Gasteiger partial charge in [-0.3, -0.25) is 0 Å². The van der Waals surface area contributed by atoms with E-state index in [9.17, 15) is 4.39 Å². The van der Waals surface area contributed by atoms with Crippen LogP contribution in [-0.4, -0.2) is 25.3 Å². The summed E-state index contributed by atoms with van der Waals surface area (Å²) in [5, 5.41) is 3.31. The second kappa shape index (κ2) is 5.81. The van der Waals surface area contributed by atoms with Crippen LogP contribution in [-0.2, 0) is 11.2 Å². The lowest BCUT2D eigenvalue weighted by Gasteiger charge is -2.24. The van der Waals surface area contributed by atoms with Crippen LogP contribution in [0, 0.1) is 12.7 Å². The van der Waals surface area contributed by atoms with Gasteiger partial charge in [0.25, 0.3) is 0 Å². The molecule has 1 saturated heterocycles. The molecule has 0 saturated carbocycles. The molecular weight excluding hydrogens is 229 g/mol. The third kappa shape index (κ3) is 3.09. The summed E-state index contributed by atoms with van der Waals surface area (Å²) in [5.41, 5.74) is 2.21. The van der Waals surface area contributed by atoms with Crippen molar-refractivity contribution in [1.29, 1.82) is 0 Å². The number of ether oxygens (including phenoxy) is 1. The molecule has 1 aromatic rings. The second-order valence-electron chi connectivity index (χ2n) is 5.23. The average molecular weight is 251 g/mol. The fraction of sp³-hybridized carbons (Fsp3) is 0.600. The molecule has 2 rings (SSSR count). The molecule has 0 spiro atoms. The number of likely N-dealkylation sites (N-methyl/N-ethyl adjacent to an activating group) is 1. The Labute approximate surface area is 109 Å². The molecule has 18 heavy (non-hydrogen) atoms. The first kappa shape index (κ1) is 13.5. The van der Waals surface area contributed by atoms with Crippen molar-refractivity contribution < 1.29 is 9.13 Å². The highest BCUT2D eigenvalue weighted by molar-refractivity contribution is 5.27. The lowest BCUT2D eigenvalue weighted by molar-refractivity contribution is 0.0337. The predicted molar refractivity (Wildman–Crippen MR) is 71.3 cm³/mol. The summed E-state index contributed by atoms with van der Waals surface area (Å²) in [5.74, 6) is -0.161. The Kier molecular flexibility index (Phi) is 4.36. The Morgan fingerprint density at radius 2 is 2.22 bits per heavy atom. The molecule has 0 aliphatic carbocycles. The first-order valence-corrected chi connectivity index (χ1v) is 6.68. The van der Waals surface area contributed by atoms with Crippen LogP contribution in [0.2, 0.25) is 0 Å². The quantitative estimate of drug-likeness (QED) is 0.888. The molecule has 1 aromatic carbocycles. The average Bonchev–Trinajstić information content (AvgIpc) is 2.77. The largest absolute Gasteiger partial charge is 0.374 e. The van der Waals surface area contributed by atoms with Crippen LogP contribution < -0.4 is 5.32 Å². The Bertz CT molecular complexity index is 407. The van der Waals surface area contributed by atoms with Crippen molar-refractivity contribution in [3.63, 3.8) is 0 Å². The molecule has 100 valence electrons. The summed E-state index contributed by atoms with van der Waals surface area (Å²) >= 11 is 0. The SMILES string of the molecule is CNC(Cc1cc(F)ccc1C)C1CCC(C)O1. The first-order chi connectivity index (χ1) is 8.60.